The monoisotopic (exact) mass is 723 g/mol. The van der Waals surface area contributed by atoms with Crippen molar-refractivity contribution in [2.75, 3.05) is 49.6 Å². The summed E-state index contributed by atoms with van der Waals surface area (Å²) in [6.07, 6.45) is 2.04. The number of amides is 2. The summed E-state index contributed by atoms with van der Waals surface area (Å²) in [4.78, 5) is 45.8. The van der Waals surface area contributed by atoms with Gasteiger partial charge in [-0.05, 0) is 57.4 Å². The number of anilines is 2. The fourth-order valence-electron chi connectivity index (χ4n) is 5.41. The van der Waals surface area contributed by atoms with Gasteiger partial charge in [-0.15, -0.1) is 5.10 Å². The van der Waals surface area contributed by atoms with E-state index in [0.29, 0.717) is 31.4 Å². The molecule has 2 amide bonds. The number of carbonyl (C=O) groups excluding carboxylic acids is 2. The number of nitrogens with one attached hydrogen (secondary N) is 1. The van der Waals surface area contributed by atoms with E-state index in [0.717, 1.165) is 10.1 Å². The van der Waals surface area contributed by atoms with E-state index in [4.69, 9.17) is 21.1 Å². The highest BCUT2D eigenvalue weighted by atomic mass is 35.5. The average molecular weight is 724 g/mol. The Morgan fingerprint density at radius 3 is 2.35 bits per heavy atom. The maximum atomic E-state index is 14.0. The number of rotatable bonds is 7. The molecule has 0 saturated carbocycles. The van der Waals surface area contributed by atoms with Crippen molar-refractivity contribution in [3.63, 3.8) is 0 Å². The smallest absolute Gasteiger partial charge is 0.410 e. The first-order valence-electron chi connectivity index (χ1n) is 15.0. The molecule has 1 aromatic carbocycles. The van der Waals surface area contributed by atoms with Crippen molar-refractivity contribution in [2.45, 2.75) is 57.6 Å². The Bertz CT molecular complexity index is 1870. The van der Waals surface area contributed by atoms with Crippen LogP contribution in [0.2, 0.25) is 5.02 Å². The number of nitrogens with zero attached hydrogens (tertiary/aromatic N) is 6. The molecule has 0 spiro atoms. The standard InChI is InChI=1S/C29H35ClF5N7O5S/c1-5-22-24(39-10-12-40(13-11-39)28(45)47-29(2,3)4)26(44)42-27(37-25(38-42)18-8-14-46-15-9-18)41(22)17-23(43)36-21-7-6-19(16-20(21)30)48(31,32,33,34)35/h6-8,16H,5,9-15,17H2,1-4H3,(H,36,43). The number of hydrogen-bond donors (Lipinski definition) is 1. The quantitative estimate of drug-likeness (QED) is 0.284. The number of piperazine rings is 1. The summed E-state index contributed by atoms with van der Waals surface area (Å²) < 4.78 is 79.9. The van der Waals surface area contributed by atoms with Crippen LogP contribution in [0.25, 0.3) is 11.4 Å². The summed E-state index contributed by atoms with van der Waals surface area (Å²) in [7, 11) is -10.0. The zero-order valence-corrected chi connectivity index (χ0v) is 28.1. The maximum absolute atomic E-state index is 14.0. The minimum Gasteiger partial charge on any atom is -0.444 e. The highest BCUT2D eigenvalue weighted by molar-refractivity contribution is 8.45. The number of halogens is 6. The lowest BCUT2D eigenvalue weighted by molar-refractivity contribution is -0.116. The molecule has 264 valence electrons. The molecule has 1 fully saturated rings. The van der Waals surface area contributed by atoms with Crippen LogP contribution in [0.5, 0.6) is 0 Å². The van der Waals surface area contributed by atoms with Crippen LogP contribution >= 0.6 is 21.8 Å². The minimum absolute atomic E-state index is 0.0351. The number of hydrogen-bond acceptors (Lipinski definition) is 8. The van der Waals surface area contributed by atoms with E-state index >= 15 is 0 Å². The van der Waals surface area contributed by atoms with Gasteiger partial charge in [-0.2, -0.15) is 9.50 Å². The molecule has 1 saturated heterocycles. The van der Waals surface area contributed by atoms with Crippen molar-refractivity contribution < 1.29 is 38.5 Å². The fraction of sp³-hybridized carbons (Fsp3) is 0.483. The second kappa shape index (κ2) is 11.9. The third-order valence-corrected chi connectivity index (χ3v) is 9.08. The summed E-state index contributed by atoms with van der Waals surface area (Å²) in [6, 6.07) is 0.867. The van der Waals surface area contributed by atoms with E-state index in [2.05, 4.69) is 15.4 Å². The number of carbonyl (C=O) groups is 2. The van der Waals surface area contributed by atoms with Crippen LogP contribution in [0, 0.1) is 0 Å². The lowest BCUT2D eigenvalue weighted by atomic mass is 10.1. The van der Waals surface area contributed by atoms with Crippen molar-refractivity contribution in [1.82, 2.24) is 24.1 Å². The average Bonchev–Trinajstić information content (AvgIpc) is 3.44. The molecule has 12 nitrogen and oxygen atoms in total. The zero-order valence-electron chi connectivity index (χ0n) is 26.6. The summed E-state index contributed by atoms with van der Waals surface area (Å²) >= 11 is 5.90. The molecule has 2 aromatic heterocycles. The number of ether oxygens (including phenoxy) is 2. The Hall–Kier alpha value is -3.90. The predicted molar refractivity (Wildman–Crippen MR) is 172 cm³/mol. The molecule has 5 rings (SSSR count). The summed E-state index contributed by atoms with van der Waals surface area (Å²) in [5.41, 5.74) is -0.125. The van der Waals surface area contributed by atoms with Crippen molar-refractivity contribution >= 4 is 56.6 Å². The van der Waals surface area contributed by atoms with Gasteiger partial charge in [-0.3, -0.25) is 9.59 Å². The first-order valence-corrected chi connectivity index (χ1v) is 17.3. The van der Waals surface area contributed by atoms with Gasteiger partial charge < -0.3 is 29.2 Å². The van der Waals surface area contributed by atoms with Crippen molar-refractivity contribution in [3.8, 4) is 0 Å². The van der Waals surface area contributed by atoms with Gasteiger partial charge in [-0.25, -0.2) is 4.79 Å². The SMILES string of the molecule is CCc1c(N2CCN(C(=O)OC(C)(C)C)CC2)c(=O)n2nc(C3=CCOCC3)nc2n1CC(=O)Nc1ccc(S(F)(F)(F)(F)F)cc1Cl. The van der Waals surface area contributed by atoms with Crippen LogP contribution < -0.4 is 15.8 Å². The van der Waals surface area contributed by atoms with Gasteiger partial charge in [0, 0.05) is 26.2 Å². The number of fused-ring (bicyclic) bond motifs is 1. The Labute approximate surface area is 277 Å². The van der Waals surface area contributed by atoms with Crippen molar-refractivity contribution in [3.05, 3.63) is 51.2 Å². The van der Waals surface area contributed by atoms with Gasteiger partial charge in [0.2, 0.25) is 11.7 Å². The van der Waals surface area contributed by atoms with Crippen LogP contribution in [-0.4, -0.2) is 81.1 Å². The van der Waals surface area contributed by atoms with Gasteiger partial charge in [0.25, 0.3) is 5.56 Å². The topological polar surface area (TPSA) is 123 Å². The van der Waals surface area contributed by atoms with Gasteiger partial charge >= 0.3 is 16.3 Å². The minimum atomic E-state index is -10.0. The fourth-order valence-corrected chi connectivity index (χ4v) is 6.36. The molecular weight excluding hydrogens is 689 g/mol. The molecule has 3 aromatic rings. The Balaban J connectivity index is 1.51. The molecule has 0 atom stereocenters. The molecule has 0 radical (unpaired) electrons. The Morgan fingerprint density at radius 2 is 1.79 bits per heavy atom. The molecule has 19 heteroatoms. The molecule has 1 N–H and O–H groups in total. The van der Waals surface area contributed by atoms with E-state index in [1.807, 2.05) is 0 Å². The molecule has 2 aliphatic rings. The molecule has 48 heavy (non-hydrogen) atoms. The molecule has 2 aliphatic heterocycles. The lowest BCUT2D eigenvalue weighted by Crippen LogP contribution is -2.51. The van der Waals surface area contributed by atoms with Crippen molar-refractivity contribution in [2.24, 2.45) is 0 Å². The van der Waals surface area contributed by atoms with Gasteiger partial charge in [0.1, 0.15) is 22.7 Å². The molecule has 0 unspecified atom stereocenters. The van der Waals surface area contributed by atoms with E-state index in [-0.39, 0.29) is 67.7 Å². The lowest BCUT2D eigenvalue weighted by Gasteiger charge is -2.40. The van der Waals surface area contributed by atoms with E-state index in [1.54, 1.807) is 38.7 Å². The molecule has 0 bridgehead atoms. The first kappa shape index (κ1) is 35.4. The van der Waals surface area contributed by atoms with Crippen LogP contribution in [-0.2, 0) is 27.2 Å². The van der Waals surface area contributed by atoms with E-state index in [9.17, 15) is 33.8 Å². The highest BCUT2D eigenvalue weighted by Gasteiger charge is 2.65. The van der Waals surface area contributed by atoms with Gasteiger partial charge in [0.05, 0.1) is 29.6 Å². The Morgan fingerprint density at radius 1 is 1.10 bits per heavy atom. The summed E-state index contributed by atoms with van der Waals surface area (Å²) in [5, 5.41) is 6.10. The summed E-state index contributed by atoms with van der Waals surface area (Å²) in [6.45, 7) is 8.33. The van der Waals surface area contributed by atoms with Gasteiger partial charge in [-0.1, -0.05) is 44.0 Å². The third kappa shape index (κ3) is 7.70. The normalized spacial score (nSPS) is 17.5. The molecule has 4 heterocycles. The van der Waals surface area contributed by atoms with Crippen molar-refractivity contribution in [1.29, 1.82) is 0 Å². The maximum Gasteiger partial charge on any atom is 0.410 e. The van der Waals surface area contributed by atoms with E-state index < -0.39 is 49.8 Å². The van der Waals surface area contributed by atoms with E-state index in [1.165, 1.54) is 9.47 Å². The Kier molecular flexibility index (Phi) is 8.78. The first-order chi connectivity index (χ1) is 22.1. The molecule has 0 aliphatic carbocycles. The second-order valence-electron chi connectivity index (χ2n) is 12.4. The second-order valence-corrected chi connectivity index (χ2v) is 15.2. The molecular formula is C29H35ClF5N7O5S. The third-order valence-electron chi connectivity index (χ3n) is 7.62. The highest BCUT2D eigenvalue weighted by Crippen LogP contribution is 3.02. The van der Waals surface area contributed by atoms with Crippen LogP contribution in [0.3, 0.4) is 0 Å². The summed E-state index contributed by atoms with van der Waals surface area (Å²) in [5.74, 6) is -0.492. The van der Waals surface area contributed by atoms with Crippen LogP contribution in [0.15, 0.2) is 34.0 Å². The number of benzene rings is 1. The largest absolute Gasteiger partial charge is 0.444 e. The number of aromatic nitrogens is 4. The van der Waals surface area contributed by atoms with Gasteiger partial charge in [0.15, 0.2) is 5.82 Å². The zero-order chi connectivity index (χ0) is 35.3. The van der Waals surface area contributed by atoms with Crippen LogP contribution in [0.1, 0.15) is 45.6 Å². The predicted octanol–water partition coefficient (Wildman–Crippen LogP) is 6.26. The van der Waals surface area contributed by atoms with Crippen LogP contribution in [0.4, 0.5) is 35.6 Å².